The van der Waals surface area contributed by atoms with Crippen molar-refractivity contribution in [2.45, 2.75) is 71.6 Å². The topological polar surface area (TPSA) is 0 Å². The molecule has 1 aliphatic carbocycles. The zero-order chi connectivity index (χ0) is 27.3. The van der Waals surface area contributed by atoms with E-state index in [1.807, 2.05) is 30.3 Å². The van der Waals surface area contributed by atoms with Crippen molar-refractivity contribution in [3.8, 4) is 0 Å². The average Bonchev–Trinajstić information content (AvgIpc) is 3.54. The molecule has 0 radical (unpaired) electrons. The fourth-order valence-corrected chi connectivity index (χ4v) is 6.46. The monoisotopic (exact) mass is 736 g/mol. The van der Waals surface area contributed by atoms with Gasteiger partial charge in [0.25, 0.3) is 0 Å². The zero-order valence-corrected chi connectivity index (χ0v) is 29.9. The Balaban J connectivity index is 0.000000248. The van der Waals surface area contributed by atoms with Crippen LogP contribution in [0.25, 0.3) is 21.5 Å². The van der Waals surface area contributed by atoms with Gasteiger partial charge >= 0.3 is 88.2 Å². The first-order chi connectivity index (χ1) is 18.0. The second-order valence-corrected chi connectivity index (χ2v) is 14.6. The summed E-state index contributed by atoms with van der Waals surface area (Å²) in [5.41, 5.74) is 4.71. The third-order valence-corrected chi connectivity index (χ3v) is 10.1. The molecular formula is C37H42Cl2Hf-2. The van der Waals surface area contributed by atoms with Crippen molar-refractivity contribution in [2.75, 3.05) is 0 Å². The molecule has 210 valence electrons. The molecule has 5 aromatic rings. The van der Waals surface area contributed by atoms with E-state index < -0.39 is 0 Å². The van der Waals surface area contributed by atoms with Crippen molar-refractivity contribution < 1.29 is 48.7 Å². The first-order valence-electron chi connectivity index (χ1n) is 14.0. The van der Waals surface area contributed by atoms with Crippen LogP contribution in [0.2, 0.25) is 0 Å². The van der Waals surface area contributed by atoms with Gasteiger partial charge in [-0.1, -0.05) is 76.9 Å². The molecular weight excluding hydrogens is 694 g/mol. The van der Waals surface area contributed by atoms with Crippen molar-refractivity contribution in [1.82, 2.24) is 0 Å². The summed E-state index contributed by atoms with van der Waals surface area (Å²) in [7, 11) is 0. The number of benzene rings is 3. The average molecular weight is 736 g/mol. The van der Waals surface area contributed by atoms with Gasteiger partial charge in [0.1, 0.15) is 0 Å². The van der Waals surface area contributed by atoms with Crippen LogP contribution in [0.15, 0.2) is 103 Å². The van der Waals surface area contributed by atoms with Crippen LogP contribution in [0, 0.1) is 5.92 Å². The van der Waals surface area contributed by atoms with Crippen molar-refractivity contribution in [3.63, 3.8) is 0 Å². The predicted octanol–water partition coefficient (Wildman–Crippen LogP) is 4.27. The summed E-state index contributed by atoms with van der Waals surface area (Å²) < 4.78 is 1.72. The molecule has 0 atom stereocenters. The van der Waals surface area contributed by atoms with Gasteiger partial charge in [-0.25, -0.2) is 12.1 Å². The van der Waals surface area contributed by atoms with E-state index in [2.05, 4.69) is 114 Å². The van der Waals surface area contributed by atoms with Crippen LogP contribution in [-0.4, -0.2) is 3.26 Å². The van der Waals surface area contributed by atoms with Gasteiger partial charge < -0.3 is 24.8 Å². The molecule has 0 aromatic heterocycles. The molecule has 1 saturated carbocycles. The molecule has 0 bridgehead atoms. The van der Waals surface area contributed by atoms with Gasteiger partial charge in [0, 0.05) is 0 Å². The Kier molecular flexibility index (Phi) is 12.8. The van der Waals surface area contributed by atoms with Crippen molar-refractivity contribution in [1.29, 1.82) is 0 Å². The van der Waals surface area contributed by atoms with E-state index in [0.29, 0.717) is 0 Å². The van der Waals surface area contributed by atoms with E-state index in [-0.39, 0.29) is 35.6 Å². The van der Waals surface area contributed by atoms with Crippen molar-refractivity contribution in [2.24, 2.45) is 5.92 Å². The standard InChI is InChI=1S/C21H25.C11H12.C5H5.2ClH.Hf/c1-20(2,3)16-7-9-18-14(12-16)11-15-13-17(21(4,5)6)8-10-19(15)18;1-2-5-10(6-3-1)9-11-7-4-8-11;1-2-4-5-3-1;;;/h7-13H,1-6H3;1-3,5-6,11H,4,7-8H2;1-5H;2*1H;/q-1;;-1;;;+2/p-2. The molecule has 0 heterocycles. The molecule has 0 unspecified atom stereocenters. The second kappa shape index (κ2) is 14.9. The Morgan fingerprint density at radius 3 is 1.50 bits per heavy atom. The Bertz CT molecular complexity index is 1370. The normalized spacial score (nSPS) is 13.1. The van der Waals surface area contributed by atoms with E-state index in [1.54, 1.807) is 3.26 Å². The van der Waals surface area contributed by atoms with E-state index in [0.717, 1.165) is 5.92 Å². The smallest absolute Gasteiger partial charge is 0.172 e. The van der Waals surface area contributed by atoms with Crippen molar-refractivity contribution in [3.05, 3.63) is 120 Å². The maximum absolute atomic E-state index is 2.35. The van der Waals surface area contributed by atoms with E-state index in [1.165, 1.54) is 81.4 Å². The summed E-state index contributed by atoms with van der Waals surface area (Å²) in [5.74, 6) is 0.944. The van der Waals surface area contributed by atoms with E-state index in [9.17, 15) is 0 Å². The van der Waals surface area contributed by atoms with Gasteiger partial charge in [0.05, 0.1) is 0 Å². The molecule has 0 amide bonds. The molecule has 0 spiro atoms. The number of rotatable bonds is 2. The van der Waals surface area contributed by atoms with Gasteiger partial charge in [0.15, 0.2) is 0 Å². The summed E-state index contributed by atoms with van der Waals surface area (Å²) in [4.78, 5) is 0. The molecule has 3 heteroatoms. The van der Waals surface area contributed by atoms with Crippen LogP contribution in [0.3, 0.4) is 0 Å². The summed E-state index contributed by atoms with van der Waals surface area (Å²) in [6.07, 6.45) is 4.32. The fourth-order valence-electron chi connectivity index (χ4n) is 4.83. The van der Waals surface area contributed by atoms with Crippen LogP contribution >= 0.6 is 0 Å². The van der Waals surface area contributed by atoms with Crippen LogP contribution in [0.5, 0.6) is 0 Å². The molecule has 6 rings (SSSR count). The first-order valence-corrected chi connectivity index (χ1v) is 15.8. The van der Waals surface area contributed by atoms with Crippen molar-refractivity contribution >= 4 is 24.8 Å². The number of hydrogen-bond donors (Lipinski definition) is 0. The maximum atomic E-state index is 2.35. The van der Waals surface area contributed by atoms with Crippen LogP contribution < -0.4 is 24.8 Å². The Labute approximate surface area is 269 Å². The summed E-state index contributed by atoms with van der Waals surface area (Å²) in [5, 5.41) is 5.48. The second-order valence-electron chi connectivity index (χ2n) is 12.6. The van der Waals surface area contributed by atoms with Gasteiger partial charge in [0.2, 0.25) is 0 Å². The number of halogens is 2. The molecule has 40 heavy (non-hydrogen) atoms. The molecule has 0 saturated heterocycles. The molecule has 5 aromatic carbocycles. The van der Waals surface area contributed by atoms with E-state index >= 15 is 0 Å². The third-order valence-electron chi connectivity index (χ3n) is 7.59. The molecule has 1 fully saturated rings. The minimum absolute atomic E-state index is 0. The summed E-state index contributed by atoms with van der Waals surface area (Å²) >= 11 is 1.24. The van der Waals surface area contributed by atoms with Gasteiger partial charge in [-0.05, 0) is 10.8 Å². The molecule has 0 aliphatic heterocycles. The molecule has 0 N–H and O–H groups in total. The minimum Gasteiger partial charge on any atom is -0.214 e. The summed E-state index contributed by atoms with van der Waals surface area (Å²) in [6, 6.07) is 37.1. The number of fused-ring (bicyclic) bond motifs is 3. The quantitative estimate of drug-likeness (QED) is 0.188. The van der Waals surface area contributed by atoms with Gasteiger partial charge in [-0.3, -0.25) is 0 Å². The Morgan fingerprint density at radius 2 is 1.15 bits per heavy atom. The first kappa shape index (κ1) is 34.4. The third kappa shape index (κ3) is 8.85. The number of hydrogen-bond acceptors (Lipinski definition) is 0. The van der Waals surface area contributed by atoms with Crippen LogP contribution in [0.1, 0.15) is 77.5 Å². The molecule has 1 aliphatic rings. The van der Waals surface area contributed by atoms with Crippen LogP contribution in [-0.2, 0) is 34.7 Å². The Hall–Kier alpha value is -1.80. The zero-order valence-electron chi connectivity index (χ0n) is 24.8. The predicted molar refractivity (Wildman–Crippen MR) is 164 cm³/mol. The summed E-state index contributed by atoms with van der Waals surface area (Å²) in [6.45, 7) is 13.6. The Morgan fingerprint density at radius 1 is 0.675 bits per heavy atom. The minimum atomic E-state index is 0. The SMILES string of the molecule is CC(C)(C)c1ccc2c(c1)[cH-]c1cc(C(C)(C)C)ccc12.[Cl-].[Cl-].[Hf+2]=[C](c1ccccc1)C1CCC1.c1cc[cH-]c1. The van der Waals surface area contributed by atoms with Crippen LogP contribution in [0.4, 0.5) is 0 Å². The maximum Gasteiger partial charge on any atom is -0.172 e. The van der Waals surface area contributed by atoms with E-state index in [4.69, 9.17) is 0 Å². The fraction of sp³-hybridized carbons (Fsp3) is 0.324. The van der Waals surface area contributed by atoms with Gasteiger partial charge in [-0.15, -0.1) is 39.7 Å². The molecule has 0 nitrogen and oxygen atoms in total. The largest absolute Gasteiger partial charge is 0.214 e. The van der Waals surface area contributed by atoms with Gasteiger partial charge in [-0.2, -0.15) is 18.2 Å².